The van der Waals surface area contributed by atoms with Gasteiger partial charge in [-0.2, -0.15) is 0 Å². The van der Waals surface area contributed by atoms with Crippen molar-refractivity contribution >= 4 is 11.7 Å². The molecule has 2 amide bonds. The van der Waals surface area contributed by atoms with Gasteiger partial charge in [-0.05, 0) is 56.8 Å². The summed E-state index contributed by atoms with van der Waals surface area (Å²) in [5, 5.41) is 2.96. The molecule has 2 fully saturated rings. The summed E-state index contributed by atoms with van der Waals surface area (Å²) >= 11 is 0. The van der Waals surface area contributed by atoms with Crippen LogP contribution >= 0.6 is 0 Å². The Balaban J connectivity index is 1.48. The second-order valence-electron chi connectivity index (χ2n) is 6.64. The quantitative estimate of drug-likeness (QED) is 0.934. The molecule has 2 saturated heterocycles. The fraction of sp³-hybridized carbons (Fsp3) is 0.647. The van der Waals surface area contributed by atoms with Crippen LogP contribution in [0.25, 0.3) is 0 Å². The van der Waals surface area contributed by atoms with Gasteiger partial charge in [0.1, 0.15) is 0 Å². The smallest absolute Gasteiger partial charge is 0.321 e. The van der Waals surface area contributed by atoms with Gasteiger partial charge >= 0.3 is 6.03 Å². The van der Waals surface area contributed by atoms with Crippen molar-refractivity contribution in [3.63, 3.8) is 0 Å². The van der Waals surface area contributed by atoms with Crippen molar-refractivity contribution in [1.29, 1.82) is 0 Å². The maximum absolute atomic E-state index is 12.3. The minimum Gasteiger partial charge on any atom is -0.324 e. The molecule has 5 heteroatoms. The topological polar surface area (TPSA) is 48.5 Å². The van der Waals surface area contributed by atoms with Crippen LogP contribution in [0.5, 0.6) is 0 Å². The molecule has 0 aromatic carbocycles. The number of piperidine rings is 1. The molecular weight excluding hydrogens is 276 g/mol. The Morgan fingerprint density at radius 3 is 2.86 bits per heavy atom. The van der Waals surface area contributed by atoms with Crippen LogP contribution in [0.1, 0.15) is 31.2 Å². The SMILES string of the molecule is Cc1cncc(NC(=O)N2CC[C@H](CN3CCCCC3)C2)c1. The highest BCUT2D eigenvalue weighted by Gasteiger charge is 2.28. The lowest BCUT2D eigenvalue weighted by molar-refractivity contribution is 0.192. The predicted octanol–water partition coefficient (Wildman–Crippen LogP) is 2.73. The fourth-order valence-corrected chi connectivity index (χ4v) is 3.50. The van der Waals surface area contributed by atoms with Gasteiger partial charge in [-0.1, -0.05) is 6.42 Å². The van der Waals surface area contributed by atoms with Crippen molar-refractivity contribution < 1.29 is 4.79 Å². The van der Waals surface area contributed by atoms with Gasteiger partial charge in [0.05, 0.1) is 11.9 Å². The lowest BCUT2D eigenvalue weighted by Crippen LogP contribution is -2.37. The molecule has 0 aliphatic carbocycles. The minimum atomic E-state index is 0.00791. The lowest BCUT2D eigenvalue weighted by atomic mass is 10.1. The average molecular weight is 302 g/mol. The van der Waals surface area contributed by atoms with E-state index >= 15 is 0 Å². The highest BCUT2D eigenvalue weighted by atomic mass is 16.2. The molecule has 0 bridgehead atoms. The fourth-order valence-electron chi connectivity index (χ4n) is 3.50. The van der Waals surface area contributed by atoms with Gasteiger partial charge in [0.25, 0.3) is 0 Å². The van der Waals surface area contributed by atoms with E-state index in [0.29, 0.717) is 5.92 Å². The number of carbonyl (C=O) groups excluding carboxylic acids is 1. The number of urea groups is 1. The number of hydrogen-bond acceptors (Lipinski definition) is 3. The van der Waals surface area contributed by atoms with Crippen LogP contribution in [0, 0.1) is 12.8 Å². The van der Waals surface area contributed by atoms with Gasteiger partial charge in [-0.15, -0.1) is 0 Å². The summed E-state index contributed by atoms with van der Waals surface area (Å²) in [6.07, 6.45) is 8.65. The molecule has 2 aliphatic heterocycles. The number of pyridine rings is 1. The Bertz CT molecular complexity index is 513. The molecule has 1 aromatic rings. The van der Waals surface area contributed by atoms with Crippen molar-refractivity contribution in [3.8, 4) is 0 Å². The molecule has 0 saturated carbocycles. The second kappa shape index (κ2) is 7.09. The van der Waals surface area contributed by atoms with Gasteiger partial charge < -0.3 is 15.1 Å². The van der Waals surface area contributed by atoms with Crippen LogP contribution in [0.2, 0.25) is 0 Å². The monoisotopic (exact) mass is 302 g/mol. The number of aromatic nitrogens is 1. The highest BCUT2D eigenvalue weighted by molar-refractivity contribution is 5.89. The van der Waals surface area contributed by atoms with Gasteiger partial charge in [-0.25, -0.2) is 4.79 Å². The molecule has 2 aliphatic rings. The number of carbonyl (C=O) groups is 1. The summed E-state index contributed by atoms with van der Waals surface area (Å²) in [7, 11) is 0. The van der Waals surface area contributed by atoms with Crippen molar-refractivity contribution in [2.45, 2.75) is 32.6 Å². The number of nitrogens with one attached hydrogen (secondary N) is 1. The van der Waals surface area contributed by atoms with E-state index in [1.165, 1.54) is 32.4 Å². The average Bonchev–Trinajstić information content (AvgIpc) is 2.97. The number of hydrogen-bond donors (Lipinski definition) is 1. The van der Waals surface area contributed by atoms with Gasteiger partial charge in [0.2, 0.25) is 0 Å². The maximum Gasteiger partial charge on any atom is 0.321 e. The molecule has 120 valence electrons. The number of nitrogens with zero attached hydrogens (tertiary/aromatic N) is 3. The Morgan fingerprint density at radius 1 is 1.27 bits per heavy atom. The molecule has 3 rings (SSSR count). The molecular formula is C17H26N4O. The first-order chi connectivity index (χ1) is 10.7. The van der Waals surface area contributed by atoms with E-state index in [9.17, 15) is 4.79 Å². The van der Waals surface area contributed by atoms with Crippen LogP contribution in [-0.2, 0) is 0 Å². The van der Waals surface area contributed by atoms with E-state index in [-0.39, 0.29) is 6.03 Å². The first kappa shape index (κ1) is 15.3. The summed E-state index contributed by atoms with van der Waals surface area (Å²) < 4.78 is 0. The summed E-state index contributed by atoms with van der Waals surface area (Å²) in [6, 6.07) is 1.96. The Kier molecular flexibility index (Phi) is 4.93. The van der Waals surface area contributed by atoms with Crippen LogP contribution in [0.4, 0.5) is 10.5 Å². The first-order valence-corrected chi connectivity index (χ1v) is 8.40. The number of amides is 2. The molecule has 5 nitrogen and oxygen atoms in total. The molecule has 0 radical (unpaired) electrons. The van der Waals surface area contributed by atoms with Gasteiger partial charge in [0.15, 0.2) is 0 Å². The summed E-state index contributed by atoms with van der Waals surface area (Å²) in [6.45, 7) is 7.34. The molecule has 0 spiro atoms. The molecule has 3 heterocycles. The summed E-state index contributed by atoms with van der Waals surface area (Å²) in [5.41, 5.74) is 1.84. The third-order valence-corrected chi connectivity index (χ3v) is 4.66. The molecule has 1 aromatic heterocycles. The van der Waals surface area contributed by atoms with E-state index in [1.54, 1.807) is 12.4 Å². The maximum atomic E-state index is 12.3. The van der Waals surface area contributed by atoms with E-state index < -0.39 is 0 Å². The van der Waals surface area contributed by atoms with Crippen molar-refractivity contribution in [2.24, 2.45) is 5.92 Å². The Hall–Kier alpha value is -1.62. The van der Waals surface area contributed by atoms with E-state index in [1.807, 2.05) is 17.9 Å². The largest absolute Gasteiger partial charge is 0.324 e. The number of anilines is 1. The van der Waals surface area contributed by atoms with Crippen LogP contribution < -0.4 is 5.32 Å². The third kappa shape index (κ3) is 3.97. The molecule has 1 atom stereocenters. The van der Waals surface area contributed by atoms with E-state index in [0.717, 1.165) is 37.3 Å². The first-order valence-electron chi connectivity index (χ1n) is 8.40. The van der Waals surface area contributed by atoms with Crippen LogP contribution in [0.15, 0.2) is 18.5 Å². The molecule has 1 N–H and O–H groups in total. The normalized spacial score (nSPS) is 22.8. The third-order valence-electron chi connectivity index (χ3n) is 4.66. The number of likely N-dealkylation sites (tertiary alicyclic amines) is 2. The zero-order valence-corrected chi connectivity index (χ0v) is 13.4. The van der Waals surface area contributed by atoms with Gasteiger partial charge in [-0.3, -0.25) is 4.98 Å². The Labute approximate surface area is 132 Å². The highest BCUT2D eigenvalue weighted by Crippen LogP contribution is 2.20. The molecule has 22 heavy (non-hydrogen) atoms. The van der Waals surface area contributed by atoms with Crippen LogP contribution in [0.3, 0.4) is 0 Å². The van der Waals surface area contributed by atoms with Crippen molar-refractivity contribution in [3.05, 3.63) is 24.0 Å². The summed E-state index contributed by atoms with van der Waals surface area (Å²) in [5.74, 6) is 0.625. The zero-order chi connectivity index (χ0) is 15.4. The lowest BCUT2D eigenvalue weighted by Gasteiger charge is -2.29. The van der Waals surface area contributed by atoms with Gasteiger partial charge in [0, 0.05) is 25.8 Å². The van der Waals surface area contributed by atoms with Crippen molar-refractivity contribution in [2.75, 3.05) is 38.0 Å². The van der Waals surface area contributed by atoms with Crippen molar-refractivity contribution in [1.82, 2.24) is 14.8 Å². The number of rotatable bonds is 3. The standard InChI is InChI=1S/C17H26N4O/c1-14-9-16(11-18-10-14)19-17(22)21-8-5-15(13-21)12-20-6-3-2-4-7-20/h9-11,15H,2-8,12-13H2,1H3,(H,19,22)/t15-/m1/s1. The number of aryl methyl sites for hydroxylation is 1. The minimum absolute atomic E-state index is 0.00791. The van der Waals surface area contributed by atoms with Crippen LogP contribution in [-0.4, -0.2) is 53.5 Å². The summed E-state index contributed by atoms with van der Waals surface area (Å²) in [4.78, 5) is 21.0. The molecule has 0 unspecified atom stereocenters. The van der Waals surface area contributed by atoms with E-state index in [4.69, 9.17) is 0 Å². The zero-order valence-electron chi connectivity index (χ0n) is 13.4. The van der Waals surface area contributed by atoms with E-state index in [2.05, 4.69) is 15.2 Å². The second-order valence-corrected chi connectivity index (χ2v) is 6.64. The Morgan fingerprint density at radius 2 is 2.09 bits per heavy atom. The predicted molar refractivity (Wildman–Crippen MR) is 88.0 cm³/mol.